The summed E-state index contributed by atoms with van der Waals surface area (Å²) in [5, 5.41) is 4.52. The van der Waals surface area contributed by atoms with Crippen LogP contribution < -0.4 is 11.3 Å². The second kappa shape index (κ2) is 5.43. The standard InChI is InChI=1S/C11H13ClFN5/c1-2-18-11(7(12)6-16-18)10(17-14)9-8(13)4-3-5-15-9/h3-6,10,17H,2,14H2,1H3. The molecule has 7 heteroatoms. The third-order valence-electron chi connectivity index (χ3n) is 2.63. The van der Waals surface area contributed by atoms with Crippen molar-refractivity contribution in [2.75, 3.05) is 0 Å². The van der Waals surface area contributed by atoms with Gasteiger partial charge in [-0.25, -0.2) is 9.82 Å². The molecule has 2 aromatic heterocycles. The fourth-order valence-electron chi connectivity index (χ4n) is 1.81. The Kier molecular flexibility index (Phi) is 3.90. The highest BCUT2D eigenvalue weighted by Gasteiger charge is 2.24. The molecule has 1 atom stereocenters. The molecule has 0 spiro atoms. The van der Waals surface area contributed by atoms with Crippen LogP contribution in [0.3, 0.4) is 0 Å². The Morgan fingerprint density at radius 1 is 1.61 bits per heavy atom. The van der Waals surface area contributed by atoms with Crippen LogP contribution in [-0.4, -0.2) is 14.8 Å². The number of nitrogens with two attached hydrogens (primary N) is 1. The molecule has 0 saturated carbocycles. The van der Waals surface area contributed by atoms with Crippen molar-refractivity contribution in [2.45, 2.75) is 19.5 Å². The molecule has 18 heavy (non-hydrogen) atoms. The van der Waals surface area contributed by atoms with Gasteiger partial charge in [0.1, 0.15) is 17.6 Å². The van der Waals surface area contributed by atoms with Gasteiger partial charge in [0.2, 0.25) is 0 Å². The van der Waals surface area contributed by atoms with Gasteiger partial charge in [-0.1, -0.05) is 11.6 Å². The molecule has 2 rings (SSSR count). The zero-order valence-electron chi connectivity index (χ0n) is 9.77. The first-order valence-electron chi connectivity index (χ1n) is 5.46. The Morgan fingerprint density at radius 3 is 3.00 bits per heavy atom. The van der Waals surface area contributed by atoms with Gasteiger partial charge in [0.05, 0.1) is 16.9 Å². The van der Waals surface area contributed by atoms with E-state index in [0.29, 0.717) is 17.3 Å². The summed E-state index contributed by atoms with van der Waals surface area (Å²) in [6.07, 6.45) is 3.01. The van der Waals surface area contributed by atoms with E-state index in [9.17, 15) is 4.39 Å². The molecule has 0 aliphatic carbocycles. The number of halogens is 2. The summed E-state index contributed by atoms with van der Waals surface area (Å²) in [6.45, 7) is 2.52. The van der Waals surface area contributed by atoms with Crippen molar-refractivity contribution < 1.29 is 4.39 Å². The first-order valence-corrected chi connectivity index (χ1v) is 5.84. The van der Waals surface area contributed by atoms with Crippen LogP contribution in [0.15, 0.2) is 24.5 Å². The van der Waals surface area contributed by atoms with Crippen molar-refractivity contribution in [3.63, 3.8) is 0 Å². The highest BCUT2D eigenvalue weighted by Crippen LogP contribution is 2.27. The van der Waals surface area contributed by atoms with Crippen LogP contribution in [0.1, 0.15) is 24.4 Å². The maximum Gasteiger partial charge on any atom is 0.146 e. The first kappa shape index (κ1) is 12.9. The number of nitrogens with one attached hydrogen (secondary N) is 1. The molecule has 2 heterocycles. The van der Waals surface area contributed by atoms with Gasteiger partial charge in [0.15, 0.2) is 0 Å². The minimum atomic E-state index is -0.638. The van der Waals surface area contributed by atoms with Gasteiger partial charge in [0.25, 0.3) is 0 Å². The fraction of sp³-hybridized carbons (Fsp3) is 0.273. The van der Waals surface area contributed by atoms with E-state index in [1.807, 2.05) is 6.92 Å². The molecule has 0 amide bonds. The number of aryl methyl sites for hydroxylation is 1. The van der Waals surface area contributed by atoms with Gasteiger partial charge < -0.3 is 0 Å². The average Bonchev–Trinajstić information content (AvgIpc) is 2.74. The Balaban J connectivity index is 2.52. The number of rotatable bonds is 4. The Bertz CT molecular complexity index is 542. The zero-order chi connectivity index (χ0) is 13.1. The van der Waals surface area contributed by atoms with Crippen molar-refractivity contribution >= 4 is 11.6 Å². The lowest BCUT2D eigenvalue weighted by Crippen LogP contribution is -2.32. The predicted octanol–water partition coefficient (Wildman–Crippen LogP) is 1.64. The highest BCUT2D eigenvalue weighted by atomic mass is 35.5. The quantitative estimate of drug-likeness (QED) is 0.654. The van der Waals surface area contributed by atoms with Crippen molar-refractivity contribution in [1.29, 1.82) is 0 Å². The number of hydrazine groups is 1. The van der Waals surface area contributed by atoms with E-state index in [1.54, 1.807) is 4.68 Å². The van der Waals surface area contributed by atoms with Crippen LogP contribution in [0, 0.1) is 5.82 Å². The molecule has 1 unspecified atom stereocenters. The second-order valence-electron chi connectivity index (χ2n) is 3.66. The van der Waals surface area contributed by atoms with Crippen LogP contribution in [0.4, 0.5) is 4.39 Å². The smallest absolute Gasteiger partial charge is 0.146 e. The van der Waals surface area contributed by atoms with Gasteiger partial charge in [-0.15, -0.1) is 0 Å². The van der Waals surface area contributed by atoms with Crippen molar-refractivity contribution in [1.82, 2.24) is 20.2 Å². The molecule has 0 aliphatic rings. The van der Waals surface area contributed by atoms with E-state index < -0.39 is 11.9 Å². The first-order chi connectivity index (χ1) is 8.69. The summed E-state index contributed by atoms with van der Waals surface area (Å²) in [7, 11) is 0. The molecule has 0 aromatic carbocycles. The largest absolute Gasteiger partial charge is 0.270 e. The van der Waals surface area contributed by atoms with E-state index in [1.165, 1.54) is 24.5 Å². The van der Waals surface area contributed by atoms with E-state index in [-0.39, 0.29) is 5.69 Å². The summed E-state index contributed by atoms with van der Waals surface area (Å²) in [5.74, 6) is 5.06. The number of hydrogen-bond acceptors (Lipinski definition) is 4. The molecule has 0 saturated heterocycles. The normalized spacial score (nSPS) is 12.7. The molecule has 0 aliphatic heterocycles. The van der Waals surface area contributed by atoms with Gasteiger partial charge in [-0.3, -0.25) is 15.5 Å². The Hall–Kier alpha value is -1.50. The SMILES string of the molecule is CCn1ncc(Cl)c1C(NN)c1ncccc1F. The minimum Gasteiger partial charge on any atom is -0.270 e. The fourth-order valence-corrected chi connectivity index (χ4v) is 2.06. The van der Waals surface area contributed by atoms with Crippen LogP contribution in [0.5, 0.6) is 0 Å². The number of nitrogens with zero attached hydrogens (tertiary/aromatic N) is 3. The van der Waals surface area contributed by atoms with Gasteiger partial charge in [-0.2, -0.15) is 5.10 Å². The number of pyridine rings is 1. The van der Waals surface area contributed by atoms with Gasteiger partial charge in [-0.05, 0) is 19.1 Å². The molecular weight excluding hydrogens is 257 g/mol. The molecule has 0 bridgehead atoms. The maximum absolute atomic E-state index is 13.8. The van der Waals surface area contributed by atoms with E-state index >= 15 is 0 Å². The van der Waals surface area contributed by atoms with E-state index in [4.69, 9.17) is 17.4 Å². The predicted molar refractivity (Wildman–Crippen MR) is 66.3 cm³/mol. The summed E-state index contributed by atoms with van der Waals surface area (Å²) in [5.41, 5.74) is 3.32. The third kappa shape index (κ3) is 2.22. The van der Waals surface area contributed by atoms with E-state index in [0.717, 1.165) is 0 Å². The summed E-state index contributed by atoms with van der Waals surface area (Å²) in [4.78, 5) is 4.00. The number of aromatic nitrogens is 3. The van der Waals surface area contributed by atoms with Crippen LogP contribution in [0.2, 0.25) is 5.02 Å². The average molecular weight is 270 g/mol. The second-order valence-corrected chi connectivity index (χ2v) is 4.07. The lowest BCUT2D eigenvalue weighted by molar-refractivity contribution is 0.504. The van der Waals surface area contributed by atoms with Crippen molar-refractivity contribution in [3.05, 3.63) is 46.8 Å². The maximum atomic E-state index is 13.8. The Labute approximate surface area is 109 Å². The molecule has 96 valence electrons. The molecule has 2 aromatic rings. The summed E-state index contributed by atoms with van der Waals surface area (Å²) < 4.78 is 15.4. The summed E-state index contributed by atoms with van der Waals surface area (Å²) in [6, 6.07) is 2.21. The van der Waals surface area contributed by atoms with Crippen LogP contribution in [0.25, 0.3) is 0 Å². The monoisotopic (exact) mass is 269 g/mol. The highest BCUT2D eigenvalue weighted by molar-refractivity contribution is 6.31. The topological polar surface area (TPSA) is 68.8 Å². The third-order valence-corrected chi connectivity index (χ3v) is 2.92. The van der Waals surface area contributed by atoms with Crippen LogP contribution in [-0.2, 0) is 6.54 Å². The molecule has 0 fully saturated rings. The minimum absolute atomic E-state index is 0.192. The van der Waals surface area contributed by atoms with E-state index in [2.05, 4.69) is 15.5 Å². The number of hydrogen-bond donors (Lipinski definition) is 2. The summed E-state index contributed by atoms with van der Waals surface area (Å²) >= 11 is 6.07. The molecular formula is C11H13ClFN5. The lowest BCUT2D eigenvalue weighted by Gasteiger charge is -2.17. The molecule has 3 N–H and O–H groups in total. The van der Waals surface area contributed by atoms with Crippen LogP contribution >= 0.6 is 11.6 Å². The zero-order valence-corrected chi connectivity index (χ0v) is 10.5. The van der Waals surface area contributed by atoms with Crippen molar-refractivity contribution in [2.24, 2.45) is 5.84 Å². The van der Waals surface area contributed by atoms with Crippen molar-refractivity contribution in [3.8, 4) is 0 Å². The molecule has 5 nitrogen and oxygen atoms in total. The lowest BCUT2D eigenvalue weighted by atomic mass is 10.1. The Morgan fingerprint density at radius 2 is 2.39 bits per heavy atom. The van der Waals surface area contributed by atoms with Gasteiger partial charge >= 0.3 is 0 Å². The molecule has 0 radical (unpaired) electrons. The van der Waals surface area contributed by atoms with Gasteiger partial charge in [0, 0.05) is 12.7 Å².